The second kappa shape index (κ2) is 9.67. The summed E-state index contributed by atoms with van der Waals surface area (Å²) in [6.07, 6.45) is 0.371. The molecule has 154 valence electrons. The summed E-state index contributed by atoms with van der Waals surface area (Å²) in [5.74, 6) is -0.0707. The van der Waals surface area contributed by atoms with Crippen LogP contribution in [0.4, 0.5) is 4.39 Å². The van der Waals surface area contributed by atoms with Crippen molar-refractivity contribution in [3.8, 4) is 32.8 Å². The molecule has 29 heavy (non-hydrogen) atoms. The van der Waals surface area contributed by atoms with Gasteiger partial charge in [0.15, 0.2) is 27.5 Å². The Labute approximate surface area is 181 Å². The number of aliphatic hydroxyl groups excluding tert-OH is 1. The molecule has 0 saturated heterocycles. The molecule has 0 saturated carbocycles. The van der Waals surface area contributed by atoms with Gasteiger partial charge in [-0.2, -0.15) is 0 Å². The first-order valence-corrected chi connectivity index (χ1v) is 10.4. The molecule has 0 aliphatic rings. The largest absolute Gasteiger partial charge is 0.490 e. The van der Waals surface area contributed by atoms with E-state index in [-0.39, 0.29) is 35.2 Å². The number of pyridine rings is 1. The Balaban J connectivity index is 1.84. The average molecular weight is 458 g/mol. The molecule has 2 aromatic heterocycles. The first-order chi connectivity index (χ1) is 13.9. The van der Waals surface area contributed by atoms with Crippen LogP contribution in [0.5, 0.6) is 11.5 Å². The van der Waals surface area contributed by atoms with E-state index < -0.39 is 5.82 Å². The smallest absolute Gasteiger partial charge is 0.171 e. The lowest BCUT2D eigenvalue weighted by molar-refractivity contribution is 0.228. The van der Waals surface area contributed by atoms with Crippen LogP contribution in [0.25, 0.3) is 21.3 Å². The Morgan fingerprint density at radius 2 is 1.90 bits per heavy atom. The van der Waals surface area contributed by atoms with Gasteiger partial charge in [-0.3, -0.25) is 0 Å². The molecule has 0 unspecified atom stereocenters. The minimum absolute atomic E-state index is 0.0196. The van der Waals surface area contributed by atoms with Crippen LogP contribution in [0, 0.1) is 5.82 Å². The molecule has 1 aromatic carbocycles. The Morgan fingerprint density at radius 3 is 2.59 bits per heavy atom. The van der Waals surface area contributed by atoms with Gasteiger partial charge in [-0.25, -0.2) is 9.37 Å². The molecule has 0 aliphatic carbocycles. The number of aliphatic hydroxyl groups is 1. The van der Waals surface area contributed by atoms with Crippen molar-refractivity contribution in [1.82, 2.24) is 15.2 Å². The lowest BCUT2D eigenvalue weighted by atomic mass is 10.2. The molecular formula is C19H18Cl2FN3O3S. The fourth-order valence-electron chi connectivity index (χ4n) is 2.37. The van der Waals surface area contributed by atoms with Crippen molar-refractivity contribution >= 4 is 34.5 Å². The molecule has 0 atom stereocenters. The molecule has 0 fully saturated rings. The summed E-state index contributed by atoms with van der Waals surface area (Å²) in [6, 6.07) is 6.09. The Hall–Kier alpha value is -2.00. The van der Waals surface area contributed by atoms with Gasteiger partial charge in [0.2, 0.25) is 0 Å². The number of benzene rings is 1. The highest BCUT2D eigenvalue weighted by molar-refractivity contribution is 7.18. The van der Waals surface area contributed by atoms with E-state index >= 15 is 0 Å². The maximum Gasteiger partial charge on any atom is 0.171 e. The van der Waals surface area contributed by atoms with Crippen LogP contribution in [0.3, 0.4) is 0 Å². The van der Waals surface area contributed by atoms with Gasteiger partial charge < -0.3 is 14.6 Å². The lowest BCUT2D eigenvalue weighted by Gasteiger charge is -2.10. The second-order valence-electron chi connectivity index (χ2n) is 6.25. The van der Waals surface area contributed by atoms with Crippen molar-refractivity contribution in [3.63, 3.8) is 0 Å². The fraction of sp³-hybridized carbons (Fsp3) is 0.316. The van der Waals surface area contributed by atoms with Gasteiger partial charge in [0, 0.05) is 24.7 Å². The topological polar surface area (TPSA) is 77.4 Å². The zero-order valence-corrected chi connectivity index (χ0v) is 18.0. The zero-order valence-electron chi connectivity index (χ0n) is 15.7. The molecule has 3 aromatic rings. The van der Waals surface area contributed by atoms with Crippen LogP contribution in [0.2, 0.25) is 10.2 Å². The van der Waals surface area contributed by atoms with E-state index in [2.05, 4.69) is 15.2 Å². The summed E-state index contributed by atoms with van der Waals surface area (Å²) in [5, 5.41) is 18.5. The Morgan fingerprint density at radius 1 is 1.14 bits per heavy atom. The standard InChI is InChI=1S/C19H18Cl2FN3O3S/c1-10(2)28-15-5-4-14(23-17(15)21)19-25-24-18(29-19)11-8-13(22)16(9-12(11)20)27-7-3-6-26/h4-5,8-10,26H,3,6-7H2,1-2H3. The maximum atomic E-state index is 14.3. The van der Waals surface area contributed by atoms with Gasteiger partial charge in [0.1, 0.15) is 10.7 Å². The molecule has 3 rings (SSSR count). The predicted octanol–water partition coefficient (Wildman–Crippen LogP) is 5.26. The highest BCUT2D eigenvalue weighted by Crippen LogP contribution is 2.37. The van der Waals surface area contributed by atoms with Crippen molar-refractivity contribution in [2.24, 2.45) is 0 Å². The number of rotatable bonds is 8. The van der Waals surface area contributed by atoms with Gasteiger partial charge >= 0.3 is 0 Å². The molecule has 6 nitrogen and oxygen atoms in total. The maximum absolute atomic E-state index is 14.3. The molecule has 2 heterocycles. The Kier molecular flexibility index (Phi) is 7.23. The highest BCUT2D eigenvalue weighted by atomic mass is 35.5. The van der Waals surface area contributed by atoms with Crippen molar-refractivity contribution < 1.29 is 19.0 Å². The first kappa shape index (κ1) is 21.7. The third-order valence-electron chi connectivity index (χ3n) is 3.63. The minimum Gasteiger partial charge on any atom is -0.490 e. The summed E-state index contributed by atoms with van der Waals surface area (Å²) in [5.41, 5.74) is 0.920. The SMILES string of the molecule is CC(C)Oc1ccc(-c2nnc(-c3cc(F)c(OCCCO)cc3Cl)s2)nc1Cl. The summed E-state index contributed by atoms with van der Waals surface area (Å²) in [6.45, 7) is 3.94. The lowest BCUT2D eigenvalue weighted by Crippen LogP contribution is -2.06. The van der Waals surface area contributed by atoms with Crippen LogP contribution in [0.1, 0.15) is 20.3 Å². The molecule has 0 spiro atoms. The second-order valence-corrected chi connectivity index (χ2v) is 8.00. The van der Waals surface area contributed by atoms with Crippen LogP contribution in [0.15, 0.2) is 24.3 Å². The molecule has 1 N–H and O–H groups in total. The highest BCUT2D eigenvalue weighted by Gasteiger charge is 2.17. The van der Waals surface area contributed by atoms with Crippen LogP contribution in [-0.2, 0) is 0 Å². The third-order valence-corrected chi connectivity index (χ3v) is 5.20. The van der Waals surface area contributed by atoms with E-state index in [9.17, 15) is 4.39 Å². The summed E-state index contributed by atoms with van der Waals surface area (Å²) in [7, 11) is 0. The third kappa shape index (κ3) is 5.33. The number of hydrogen-bond donors (Lipinski definition) is 1. The van der Waals surface area contributed by atoms with Crippen LogP contribution < -0.4 is 9.47 Å². The normalized spacial score (nSPS) is 11.1. The summed E-state index contributed by atoms with van der Waals surface area (Å²) < 4.78 is 25.2. The van der Waals surface area contributed by atoms with Crippen molar-refractivity contribution in [1.29, 1.82) is 0 Å². The molecular weight excluding hydrogens is 440 g/mol. The van der Waals surface area contributed by atoms with E-state index in [1.807, 2.05) is 13.8 Å². The number of halogens is 3. The quantitative estimate of drug-likeness (QED) is 0.367. The minimum atomic E-state index is -0.574. The van der Waals surface area contributed by atoms with Crippen molar-refractivity contribution in [3.05, 3.63) is 40.3 Å². The number of nitrogens with zero attached hydrogens (tertiary/aromatic N) is 3. The number of ether oxygens (including phenoxy) is 2. The van der Waals surface area contributed by atoms with E-state index in [4.69, 9.17) is 37.8 Å². The van der Waals surface area contributed by atoms with Gasteiger partial charge in [-0.1, -0.05) is 34.5 Å². The summed E-state index contributed by atoms with van der Waals surface area (Å²) >= 11 is 13.7. The van der Waals surface area contributed by atoms with E-state index in [1.165, 1.54) is 23.5 Å². The van der Waals surface area contributed by atoms with Crippen molar-refractivity contribution in [2.75, 3.05) is 13.2 Å². The van der Waals surface area contributed by atoms with Gasteiger partial charge in [0.05, 0.1) is 17.7 Å². The average Bonchev–Trinajstić information content (AvgIpc) is 3.15. The van der Waals surface area contributed by atoms with Gasteiger partial charge in [0.25, 0.3) is 0 Å². The van der Waals surface area contributed by atoms with Gasteiger partial charge in [-0.05, 0) is 32.0 Å². The fourth-order valence-corrected chi connectivity index (χ4v) is 3.71. The Bertz CT molecular complexity index is 1000. The zero-order chi connectivity index (χ0) is 21.0. The molecule has 0 aliphatic heterocycles. The monoisotopic (exact) mass is 457 g/mol. The van der Waals surface area contributed by atoms with E-state index in [0.717, 1.165) is 0 Å². The van der Waals surface area contributed by atoms with E-state index in [1.54, 1.807) is 12.1 Å². The molecule has 10 heteroatoms. The molecule has 0 radical (unpaired) electrons. The van der Waals surface area contributed by atoms with Gasteiger partial charge in [-0.15, -0.1) is 10.2 Å². The number of hydrogen-bond acceptors (Lipinski definition) is 7. The van der Waals surface area contributed by atoms with Crippen LogP contribution in [-0.4, -0.2) is 39.6 Å². The van der Waals surface area contributed by atoms with E-state index in [0.29, 0.717) is 33.4 Å². The molecule has 0 bridgehead atoms. The number of aromatic nitrogens is 3. The summed E-state index contributed by atoms with van der Waals surface area (Å²) in [4.78, 5) is 4.30. The predicted molar refractivity (Wildman–Crippen MR) is 112 cm³/mol. The van der Waals surface area contributed by atoms with Crippen molar-refractivity contribution in [2.45, 2.75) is 26.4 Å². The van der Waals surface area contributed by atoms with Crippen LogP contribution >= 0.6 is 34.5 Å². The molecule has 0 amide bonds. The first-order valence-electron chi connectivity index (χ1n) is 8.79.